The zero-order chi connectivity index (χ0) is 9.52. The summed E-state index contributed by atoms with van der Waals surface area (Å²) >= 11 is 0. The minimum absolute atomic E-state index is 0.267. The first kappa shape index (κ1) is 10.2. The Morgan fingerprint density at radius 1 is 1.23 bits per heavy atom. The lowest BCUT2D eigenvalue weighted by atomic mass is 10.2. The summed E-state index contributed by atoms with van der Waals surface area (Å²) in [7, 11) is 0. The molecule has 0 aliphatic heterocycles. The van der Waals surface area contributed by atoms with E-state index in [4.69, 9.17) is 9.47 Å². The van der Waals surface area contributed by atoms with Gasteiger partial charge in [0.05, 0.1) is 0 Å². The number of rotatable bonds is 5. The molecule has 0 fully saturated rings. The van der Waals surface area contributed by atoms with Crippen LogP contribution in [0.4, 0.5) is 0 Å². The Hall–Kier alpha value is -0.860. The van der Waals surface area contributed by atoms with Crippen LogP contribution in [-0.4, -0.2) is 13.2 Å². The van der Waals surface area contributed by atoms with Crippen molar-refractivity contribution in [1.29, 1.82) is 0 Å². The van der Waals surface area contributed by atoms with Gasteiger partial charge < -0.3 is 9.47 Å². The fraction of sp³-hybridized carbons (Fsp3) is 0.455. The molecule has 0 atom stereocenters. The van der Waals surface area contributed by atoms with E-state index in [1.807, 2.05) is 38.1 Å². The second-order valence-corrected chi connectivity index (χ2v) is 2.56. The maximum Gasteiger partial charge on any atom is 0.184 e. The first-order chi connectivity index (χ1) is 6.38. The van der Waals surface area contributed by atoms with Crippen molar-refractivity contribution in [3.8, 4) is 0 Å². The highest BCUT2D eigenvalue weighted by Gasteiger charge is 2.09. The summed E-state index contributed by atoms with van der Waals surface area (Å²) in [6, 6.07) is 10.8. The maximum atomic E-state index is 5.41. The normalized spacial score (nSPS) is 10.7. The first-order valence-electron chi connectivity index (χ1n) is 4.58. The van der Waals surface area contributed by atoms with Crippen LogP contribution in [0, 0.1) is 6.07 Å². The van der Waals surface area contributed by atoms with Crippen molar-refractivity contribution in [2.24, 2.45) is 0 Å². The van der Waals surface area contributed by atoms with Gasteiger partial charge >= 0.3 is 0 Å². The van der Waals surface area contributed by atoms with E-state index < -0.39 is 0 Å². The van der Waals surface area contributed by atoms with Gasteiger partial charge in [-0.15, -0.1) is 0 Å². The molecule has 2 heteroatoms. The Bertz CT molecular complexity index is 215. The van der Waals surface area contributed by atoms with E-state index in [1.165, 1.54) is 0 Å². The van der Waals surface area contributed by atoms with Crippen LogP contribution in [0.2, 0.25) is 0 Å². The van der Waals surface area contributed by atoms with Gasteiger partial charge in [-0.1, -0.05) is 24.3 Å². The lowest BCUT2D eigenvalue weighted by Gasteiger charge is -2.16. The molecule has 1 aromatic carbocycles. The number of ether oxygens (including phenoxy) is 2. The van der Waals surface area contributed by atoms with Crippen molar-refractivity contribution in [3.63, 3.8) is 0 Å². The van der Waals surface area contributed by atoms with Gasteiger partial charge in [-0.3, -0.25) is 0 Å². The van der Waals surface area contributed by atoms with Crippen LogP contribution < -0.4 is 0 Å². The number of hydrogen-bond donors (Lipinski definition) is 0. The average Bonchev–Trinajstić information content (AvgIpc) is 2.19. The molecule has 0 aliphatic rings. The lowest BCUT2D eigenvalue weighted by Crippen LogP contribution is -2.08. The Morgan fingerprint density at radius 3 is 2.38 bits per heavy atom. The minimum atomic E-state index is -0.267. The van der Waals surface area contributed by atoms with E-state index in [1.54, 1.807) is 0 Å². The van der Waals surface area contributed by atoms with E-state index >= 15 is 0 Å². The third kappa shape index (κ3) is 3.17. The second-order valence-electron chi connectivity index (χ2n) is 2.56. The number of benzene rings is 1. The molecule has 13 heavy (non-hydrogen) atoms. The van der Waals surface area contributed by atoms with Gasteiger partial charge in [-0.25, -0.2) is 0 Å². The van der Waals surface area contributed by atoms with Crippen molar-refractivity contribution in [1.82, 2.24) is 0 Å². The van der Waals surface area contributed by atoms with Crippen LogP contribution >= 0.6 is 0 Å². The summed E-state index contributed by atoms with van der Waals surface area (Å²) in [5, 5.41) is 0. The monoisotopic (exact) mass is 179 g/mol. The summed E-state index contributed by atoms with van der Waals surface area (Å²) < 4.78 is 10.8. The summed E-state index contributed by atoms with van der Waals surface area (Å²) in [4.78, 5) is 0. The highest BCUT2D eigenvalue weighted by Crippen LogP contribution is 2.17. The molecule has 0 aliphatic carbocycles. The molecule has 0 heterocycles. The first-order valence-corrected chi connectivity index (χ1v) is 4.58. The Morgan fingerprint density at radius 2 is 1.92 bits per heavy atom. The second kappa shape index (κ2) is 5.73. The largest absolute Gasteiger partial charge is 0.349 e. The maximum absolute atomic E-state index is 5.41. The zero-order valence-corrected chi connectivity index (χ0v) is 8.12. The van der Waals surface area contributed by atoms with E-state index in [-0.39, 0.29) is 6.29 Å². The summed E-state index contributed by atoms with van der Waals surface area (Å²) in [6.45, 7) is 5.20. The topological polar surface area (TPSA) is 18.5 Å². The SMILES string of the molecule is CCOC(OCC)c1[c]cccc1. The molecule has 0 aromatic heterocycles. The predicted octanol–water partition coefficient (Wildman–Crippen LogP) is 2.56. The molecule has 0 saturated carbocycles. The van der Waals surface area contributed by atoms with Crippen LogP contribution in [0.1, 0.15) is 25.7 Å². The van der Waals surface area contributed by atoms with Crippen LogP contribution in [0.15, 0.2) is 24.3 Å². The van der Waals surface area contributed by atoms with E-state index in [9.17, 15) is 0 Å². The van der Waals surface area contributed by atoms with Crippen molar-refractivity contribution in [2.45, 2.75) is 20.1 Å². The average molecular weight is 179 g/mol. The summed E-state index contributed by atoms with van der Waals surface area (Å²) in [5.41, 5.74) is 0.950. The van der Waals surface area contributed by atoms with Crippen molar-refractivity contribution in [2.75, 3.05) is 13.2 Å². The third-order valence-electron chi connectivity index (χ3n) is 1.62. The van der Waals surface area contributed by atoms with Gasteiger partial charge in [0.25, 0.3) is 0 Å². The van der Waals surface area contributed by atoms with Crippen molar-refractivity contribution >= 4 is 0 Å². The molecule has 0 amide bonds. The molecule has 1 radical (unpaired) electrons. The standard InChI is InChI=1S/C11H15O2/c1-3-12-11(13-4-2)10-8-6-5-7-9-10/h5-8,11H,3-4H2,1-2H3. The van der Waals surface area contributed by atoms with Crippen LogP contribution in [0.25, 0.3) is 0 Å². The molecule has 0 saturated heterocycles. The fourth-order valence-electron chi connectivity index (χ4n) is 1.08. The van der Waals surface area contributed by atoms with Gasteiger partial charge in [0.15, 0.2) is 6.29 Å². The van der Waals surface area contributed by atoms with Crippen LogP contribution in [0.3, 0.4) is 0 Å². The highest BCUT2D eigenvalue weighted by atomic mass is 16.7. The molecule has 1 rings (SSSR count). The zero-order valence-electron chi connectivity index (χ0n) is 8.12. The van der Waals surface area contributed by atoms with E-state index in [2.05, 4.69) is 6.07 Å². The minimum Gasteiger partial charge on any atom is -0.349 e. The smallest absolute Gasteiger partial charge is 0.184 e. The molecule has 1 aromatic rings. The van der Waals surface area contributed by atoms with E-state index in [0.717, 1.165) is 5.56 Å². The van der Waals surface area contributed by atoms with Crippen LogP contribution in [-0.2, 0) is 9.47 Å². The Labute approximate surface area is 79.5 Å². The van der Waals surface area contributed by atoms with Gasteiger partial charge in [-0.2, -0.15) is 0 Å². The summed E-state index contributed by atoms with van der Waals surface area (Å²) in [5.74, 6) is 0. The molecule has 0 N–H and O–H groups in total. The summed E-state index contributed by atoms with van der Waals surface area (Å²) in [6.07, 6.45) is -0.267. The van der Waals surface area contributed by atoms with Gasteiger partial charge in [0.1, 0.15) is 0 Å². The lowest BCUT2D eigenvalue weighted by molar-refractivity contribution is -0.140. The highest BCUT2D eigenvalue weighted by molar-refractivity contribution is 5.14. The third-order valence-corrected chi connectivity index (χ3v) is 1.62. The molecule has 0 bridgehead atoms. The molecule has 71 valence electrons. The van der Waals surface area contributed by atoms with Gasteiger partial charge in [-0.05, 0) is 19.9 Å². The van der Waals surface area contributed by atoms with Crippen molar-refractivity contribution < 1.29 is 9.47 Å². The van der Waals surface area contributed by atoms with Crippen molar-refractivity contribution in [3.05, 3.63) is 35.9 Å². The van der Waals surface area contributed by atoms with Gasteiger partial charge in [0, 0.05) is 18.8 Å². The molecular formula is C11H15O2. The van der Waals surface area contributed by atoms with Gasteiger partial charge in [0.2, 0.25) is 0 Å². The van der Waals surface area contributed by atoms with E-state index in [0.29, 0.717) is 13.2 Å². The molecule has 0 spiro atoms. The molecule has 2 nitrogen and oxygen atoms in total. The quantitative estimate of drug-likeness (QED) is 0.647. The fourth-order valence-corrected chi connectivity index (χ4v) is 1.08. The molecule has 0 unspecified atom stereocenters. The van der Waals surface area contributed by atoms with Crippen LogP contribution in [0.5, 0.6) is 0 Å². The Balaban J connectivity index is 2.64. The Kier molecular flexibility index (Phi) is 4.50. The molecular weight excluding hydrogens is 164 g/mol. The predicted molar refractivity (Wildman–Crippen MR) is 51.3 cm³/mol. The number of hydrogen-bond acceptors (Lipinski definition) is 2.